The van der Waals surface area contributed by atoms with Gasteiger partial charge in [0.2, 0.25) is 5.91 Å². The molecule has 1 fully saturated rings. The highest BCUT2D eigenvalue weighted by atomic mass is 35.5. The Morgan fingerprint density at radius 3 is 2.31 bits per heavy atom. The van der Waals surface area contributed by atoms with Crippen molar-refractivity contribution < 1.29 is 9.59 Å². The molecule has 29 heavy (non-hydrogen) atoms. The maximum Gasteiger partial charge on any atom is 0.252 e. The van der Waals surface area contributed by atoms with Gasteiger partial charge in [0.25, 0.3) is 5.91 Å². The molecule has 0 bridgehead atoms. The number of amides is 2. The van der Waals surface area contributed by atoms with E-state index in [0.29, 0.717) is 22.2 Å². The lowest BCUT2D eigenvalue weighted by Crippen LogP contribution is -2.29. The minimum Gasteiger partial charge on any atom is -0.341 e. The third-order valence-corrected chi connectivity index (χ3v) is 6.17. The van der Waals surface area contributed by atoms with Crippen LogP contribution in [-0.2, 0) is 4.79 Å². The van der Waals surface area contributed by atoms with Crippen molar-refractivity contribution in [1.82, 2.24) is 5.32 Å². The van der Waals surface area contributed by atoms with Crippen molar-refractivity contribution in [3.8, 4) is 0 Å². The molecule has 1 aromatic heterocycles. The zero-order chi connectivity index (χ0) is 20.4. The lowest BCUT2D eigenvalue weighted by atomic mass is 10.0. The van der Waals surface area contributed by atoms with Crippen molar-refractivity contribution in [2.45, 2.75) is 19.4 Å². The van der Waals surface area contributed by atoms with Gasteiger partial charge >= 0.3 is 0 Å². The maximum atomic E-state index is 12.9. The number of benzene rings is 2. The van der Waals surface area contributed by atoms with Crippen LogP contribution in [-0.4, -0.2) is 11.8 Å². The van der Waals surface area contributed by atoms with E-state index in [1.165, 1.54) is 0 Å². The fourth-order valence-corrected chi connectivity index (χ4v) is 4.11. The zero-order valence-corrected chi connectivity index (χ0v) is 17.5. The molecule has 2 amide bonds. The highest BCUT2D eigenvalue weighted by Gasteiger charge is 2.39. The lowest BCUT2D eigenvalue weighted by Gasteiger charge is -2.19. The Morgan fingerprint density at radius 2 is 1.72 bits per heavy atom. The summed E-state index contributed by atoms with van der Waals surface area (Å²) >= 11 is 7.60. The van der Waals surface area contributed by atoms with E-state index in [9.17, 15) is 9.59 Å². The van der Waals surface area contributed by atoms with Crippen LogP contribution >= 0.6 is 22.9 Å². The van der Waals surface area contributed by atoms with Crippen LogP contribution in [0.5, 0.6) is 0 Å². The minimum absolute atomic E-state index is 0.0509. The van der Waals surface area contributed by atoms with Crippen LogP contribution in [0.2, 0.25) is 5.02 Å². The Bertz CT molecular complexity index is 1000. The number of halogens is 1. The summed E-state index contributed by atoms with van der Waals surface area (Å²) in [5.74, 6) is 0.450. The van der Waals surface area contributed by atoms with E-state index >= 15 is 0 Å². The summed E-state index contributed by atoms with van der Waals surface area (Å²) in [6.07, 6.45) is 0.945. The molecule has 0 saturated heterocycles. The van der Waals surface area contributed by atoms with Gasteiger partial charge in [-0.3, -0.25) is 9.59 Å². The Morgan fingerprint density at radius 1 is 1.03 bits per heavy atom. The lowest BCUT2D eigenvalue weighted by molar-refractivity contribution is -0.117. The average molecular weight is 425 g/mol. The highest BCUT2D eigenvalue weighted by Crippen LogP contribution is 2.38. The van der Waals surface area contributed by atoms with E-state index in [4.69, 9.17) is 11.6 Å². The Labute approximate surface area is 178 Å². The van der Waals surface area contributed by atoms with Crippen LogP contribution in [0.15, 0.2) is 65.4 Å². The van der Waals surface area contributed by atoms with E-state index in [-0.39, 0.29) is 23.8 Å². The molecule has 1 saturated carbocycles. The van der Waals surface area contributed by atoms with Gasteiger partial charge in [0, 0.05) is 22.2 Å². The summed E-state index contributed by atoms with van der Waals surface area (Å²) in [6.45, 7) is 2.07. The van der Waals surface area contributed by atoms with Crippen molar-refractivity contribution in [3.63, 3.8) is 0 Å². The second-order valence-electron chi connectivity index (χ2n) is 7.40. The van der Waals surface area contributed by atoms with Gasteiger partial charge in [-0.05, 0) is 76.7 Å². The van der Waals surface area contributed by atoms with Gasteiger partial charge in [0.1, 0.15) is 0 Å². The first kappa shape index (κ1) is 19.7. The van der Waals surface area contributed by atoms with Crippen molar-refractivity contribution in [2.75, 3.05) is 5.32 Å². The third-order valence-electron chi connectivity index (χ3n) is 5.22. The largest absolute Gasteiger partial charge is 0.341 e. The van der Waals surface area contributed by atoms with E-state index in [0.717, 1.165) is 17.5 Å². The van der Waals surface area contributed by atoms with E-state index in [2.05, 4.69) is 17.6 Å². The SMILES string of the molecule is C[C@@H]1C[C@H]1C(=O)Nc1ccc(C(=O)N[C@H](c2ccc(Cl)cc2)c2ccsc2)cc1. The third kappa shape index (κ3) is 4.69. The minimum atomic E-state index is -0.262. The predicted octanol–water partition coefficient (Wildman–Crippen LogP) is 5.52. The monoisotopic (exact) mass is 424 g/mol. The Balaban J connectivity index is 1.47. The smallest absolute Gasteiger partial charge is 0.252 e. The maximum absolute atomic E-state index is 12.9. The number of carbonyl (C=O) groups is 2. The summed E-state index contributed by atoms with van der Waals surface area (Å²) in [7, 11) is 0. The first-order valence-electron chi connectivity index (χ1n) is 9.50. The van der Waals surface area contributed by atoms with E-state index in [1.54, 1.807) is 35.6 Å². The normalized spacial score (nSPS) is 18.7. The molecule has 148 valence electrons. The molecule has 1 aliphatic rings. The fourth-order valence-electron chi connectivity index (χ4n) is 3.30. The quantitative estimate of drug-likeness (QED) is 0.547. The number of hydrogen-bond acceptors (Lipinski definition) is 3. The van der Waals surface area contributed by atoms with Gasteiger partial charge in [-0.1, -0.05) is 30.7 Å². The predicted molar refractivity (Wildman–Crippen MR) is 117 cm³/mol. The van der Waals surface area contributed by atoms with Crippen molar-refractivity contribution >= 4 is 40.4 Å². The summed E-state index contributed by atoms with van der Waals surface area (Å²) in [6, 6.07) is 16.2. The van der Waals surface area contributed by atoms with Crippen molar-refractivity contribution in [2.24, 2.45) is 11.8 Å². The number of rotatable bonds is 6. The van der Waals surface area contributed by atoms with Gasteiger partial charge in [-0.2, -0.15) is 11.3 Å². The summed E-state index contributed by atoms with van der Waals surface area (Å²) in [5, 5.41) is 10.7. The van der Waals surface area contributed by atoms with E-state index < -0.39 is 0 Å². The van der Waals surface area contributed by atoms with Crippen LogP contribution in [0.3, 0.4) is 0 Å². The van der Waals surface area contributed by atoms with Crippen LogP contribution in [0, 0.1) is 11.8 Å². The van der Waals surface area contributed by atoms with Crippen molar-refractivity contribution in [3.05, 3.63) is 87.1 Å². The first-order valence-corrected chi connectivity index (χ1v) is 10.8. The Hall–Kier alpha value is -2.63. The van der Waals surface area contributed by atoms with Crippen LogP contribution in [0.1, 0.15) is 40.9 Å². The van der Waals surface area contributed by atoms with Gasteiger partial charge in [0.15, 0.2) is 0 Å². The van der Waals surface area contributed by atoms with Gasteiger partial charge in [-0.15, -0.1) is 0 Å². The number of hydrogen-bond donors (Lipinski definition) is 2. The average Bonchev–Trinajstić information content (AvgIpc) is 3.22. The number of thiophene rings is 1. The molecule has 0 aliphatic heterocycles. The van der Waals surface area contributed by atoms with E-state index in [1.807, 2.05) is 41.1 Å². The zero-order valence-electron chi connectivity index (χ0n) is 15.9. The number of carbonyl (C=O) groups excluding carboxylic acids is 2. The second kappa shape index (κ2) is 8.39. The fraction of sp³-hybridized carbons (Fsp3) is 0.217. The van der Waals surface area contributed by atoms with Crippen LogP contribution in [0.4, 0.5) is 5.69 Å². The second-order valence-corrected chi connectivity index (χ2v) is 8.62. The molecule has 2 N–H and O–H groups in total. The molecule has 4 nitrogen and oxygen atoms in total. The van der Waals surface area contributed by atoms with Gasteiger partial charge in [-0.25, -0.2) is 0 Å². The molecule has 0 unspecified atom stereocenters. The topological polar surface area (TPSA) is 58.2 Å². The first-order chi connectivity index (χ1) is 14.0. The van der Waals surface area contributed by atoms with Crippen LogP contribution < -0.4 is 10.6 Å². The number of anilines is 1. The molecule has 0 radical (unpaired) electrons. The molecule has 3 atom stereocenters. The highest BCUT2D eigenvalue weighted by molar-refractivity contribution is 7.08. The van der Waals surface area contributed by atoms with Gasteiger partial charge in [0.05, 0.1) is 6.04 Å². The number of nitrogens with one attached hydrogen (secondary N) is 2. The Kier molecular flexibility index (Phi) is 5.69. The molecule has 1 heterocycles. The van der Waals surface area contributed by atoms with Crippen LogP contribution in [0.25, 0.3) is 0 Å². The molecule has 0 spiro atoms. The summed E-state index contributed by atoms with van der Waals surface area (Å²) < 4.78 is 0. The molecular weight excluding hydrogens is 404 g/mol. The summed E-state index contributed by atoms with van der Waals surface area (Å²) in [4.78, 5) is 24.9. The van der Waals surface area contributed by atoms with Gasteiger partial charge < -0.3 is 10.6 Å². The summed E-state index contributed by atoms with van der Waals surface area (Å²) in [5.41, 5.74) is 3.23. The molecule has 6 heteroatoms. The molecule has 4 rings (SSSR count). The molecule has 1 aliphatic carbocycles. The molecule has 2 aromatic carbocycles. The standard InChI is InChI=1S/C23H21ClN2O2S/c1-14-12-20(14)23(28)25-19-8-4-16(5-9-19)22(27)26-21(17-10-11-29-13-17)15-2-6-18(24)7-3-15/h2-11,13-14,20-21H,12H2,1H3,(H,25,28)(H,26,27)/t14-,20-,21-/m1/s1. The van der Waals surface area contributed by atoms with Crippen molar-refractivity contribution in [1.29, 1.82) is 0 Å². The molecular formula is C23H21ClN2O2S. The molecule has 3 aromatic rings.